The highest BCUT2D eigenvalue weighted by atomic mass is 16.6. The van der Waals surface area contributed by atoms with Crippen molar-refractivity contribution in [3.05, 3.63) is 40.2 Å². The van der Waals surface area contributed by atoms with Gasteiger partial charge in [-0.1, -0.05) is 5.92 Å². The zero-order valence-electron chi connectivity index (χ0n) is 13.0. The Morgan fingerprint density at radius 2 is 1.96 bits per heavy atom. The molecule has 1 aliphatic rings. The SMILES string of the molecule is C#Cc1cc(=O)oc2cc(NC3[C@@H](O)OC(CO)[C@H](O)[C@H]3O)ccc12. The predicted octanol–water partition coefficient (Wildman–Crippen LogP) is -1.01. The van der Waals surface area contributed by atoms with Crippen LogP contribution in [0.4, 0.5) is 5.69 Å². The Morgan fingerprint density at radius 3 is 2.64 bits per heavy atom. The molecule has 5 N–H and O–H groups in total. The summed E-state index contributed by atoms with van der Waals surface area (Å²) in [6.07, 6.45) is 0.0575. The lowest BCUT2D eigenvalue weighted by Crippen LogP contribution is -2.61. The van der Waals surface area contributed by atoms with E-state index in [1.165, 1.54) is 12.1 Å². The maximum absolute atomic E-state index is 11.5. The fourth-order valence-electron chi connectivity index (χ4n) is 2.82. The molecule has 0 amide bonds. The first-order chi connectivity index (χ1) is 11.9. The first-order valence-electron chi connectivity index (χ1n) is 7.56. The van der Waals surface area contributed by atoms with Crippen molar-refractivity contribution in [2.75, 3.05) is 11.9 Å². The van der Waals surface area contributed by atoms with Crippen molar-refractivity contribution in [2.24, 2.45) is 0 Å². The van der Waals surface area contributed by atoms with E-state index in [9.17, 15) is 20.1 Å². The second-order valence-corrected chi connectivity index (χ2v) is 5.73. The van der Waals surface area contributed by atoms with Gasteiger partial charge in [0.25, 0.3) is 0 Å². The molecule has 8 nitrogen and oxygen atoms in total. The van der Waals surface area contributed by atoms with Gasteiger partial charge in [-0.05, 0) is 12.1 Å². The molecule has 2 aromatic rings. The van der Waals surface area contributed by atoms with Gasteiger partial charge in [-0.2, -0.15) is 0 Å². The van der Waals surface area contributed by atoms with Crippen LogP contribution >= 0.6 is 0 Å². The van der Waals surface area contributed by atoms with E-state index in [2.05, 4.69) is 11.2 Å². The van der Waals surface area contributed by atoms with Crippen molar-refractivity contribution in [3.8, 4) is 12.3 Å². The molecule has 5 atom stereocenters. The quantitative estimate of drug-likeness (QED) is 0.352. The number of aliphatic hydroxyl groups is 4. The lowest BCUT2D eigenvalue weighted by atomic mass is 9.96. The summed E-state index contributed by atoms with van der Waals surface area (Å²) < 4.78 is 10.2. The topological polar surface area (TPSA) is 132 Å². The summed E-state index contributed by atoms with van der Waals surface area (Å²) in [5, 5.41) is 42.5. The number of anilines is 1. The Bertz CT molecular complexity index is 871. The Kier molecular flexibility index (Phi) is 4.76. The van der Waals surface area contributed by atoms with Crippen molar-refractivity contribution < 1.29 is 29.6 Å². The van der Waals surface area contributed by atoms with Crippen LogP contribution in [0.1, 0.15) is 5.56 Å². The smallest absolute Gasteiger partial charge is 0.337 e. The molecule has 1 aromatic heterocycles. The highest BCUT2D eigenvalue weighted by molar-refractivity contribution is 5.85. The van der Waals surface area contributed by atoms with Crippen LogP contribution < -0.4 is 10.9 Å². The molecule has 1 saturated heterocycles. The molecule has 0 radical (unpaired) electrons. The maximum Gasteiger partial charge on any atom is 0.337 e. The molecule has 1 aromatic carbocycles. The fraction of sp³-hybridized carbons (Fsp3) is 0.353. The van der Waals surface area contributed by atoms with Gasteiger partial charge in [-0.25, -0.2) is 4.79 Å². The van der Waals surface area contributed by atoms with Gasteiger partial charge < -0.3 is 34.9 Å². The van der Waals surface area contributed by atoms with Crippen LogP contribution in [0.15, 0.2) is 33.5 Å². The third kappa shape index (κ3) is 3.24. The second-order valence-electron chi connectivity index (χ2n) is 5.73. The molecule has 132 valence electrons. The minimum absolute atomic E-state index is 0.236. The predicted molar refractivity (Wildman–Crippen MR) is 87.8 cm³/mol. The molecule has 0 bridgehead atoms. The highest BCUT2D eigenvalue weighted by Crippen LogP contribution is 2.26. The lowest BCUT2D eigenvalue weighted by Gasteiger charge is -2.40. The van der Waals surface area contributed by atoms with E-state index in [0.717, 1.165) is 0 Å². The summed E-state index contributed by atoms with van der Waals surface area (Å²) in [5.74, 6) is 2.41. The average Bonchev–Trinajstić information content (AvgIpc) is 2.60. The number of fused-ring (bicyclic) bond motifs is 1. The van der Waals surface area contributed by atoms with Crippen LogP contribution in [0, 0.1) is 12.3 Å². The van der Waals surface area contributed by atoms with Crippen molar-refractivity contribution in [3.63, 3.8) is 0 Å². The number of terminal acetylenes is 1. The van der Waals surface area contributed by atoms with E-state index in [1.54, 1.807) is 12.1 Å². The number of ether oxygens (including phenoxy) is 1. The van der Waals surface area contributed by atoms with E-state index >= 15 is 0 Å². The summed E-state index contributed by atoms with van der Waals surface area (Å²) in [6.45, 7) is -0.544. The monoisotopic (exact) mass is 347 g/mol. The molecular formula is C17H17NO7. The standard InChI is InChI=1S/C17H17NO7/c1-2-8-5-13(20)24-11-6-9(3-4-10(8)11)18-14-16(22)15(21)12(7-19)25-17(14)23/h1,3-6,12,14-19,21-23H,7H2/t12?,14?,15-,16-,17-/m0/s1. The Hall–Kier alpha value is -2.41. The Morgan fingerprint density at radius 1 is 1.20 bits per heavy atom. The zero-order valence-corrected chi connectivity index (χ0v) is 13.0. The fourth-order valence-corrected chi connectivity index (χ4v) is 2.82. The molecule has 1 aliphatic heterocycles. The number of benzene rings is 1. The van der Waals surface area contributed by atoms with Gasteiger partial charge in [-0.15, -0.1) is 6.42 Å². The van der Waals surface area contributed by atoms with E-state index in [1.807, 2.05) is 0 Å². The van der Waals surface area contributed by atoms with Gasteiger partial charge >= 0.3 is 5.63 Å². The Labute approximate surface area is 142 Å². The third-order valence-electron chi connectivity index (χ3n) is 4.13. The van der Waals surface area contributed by atoms with E-state index in [4.69, 9.17) is 20.7 Å². The summed E-state index contributed by atoms with van der Waals surface area (Å²) >= 11 is 0. The number of nitrogens with one attached hydrogen (secondary N) is 1. The van der Waals surface area contributed by atoms with Gasteiger partial charge in [0.2, 0.25) is 0 Å². The van der Waals surface area contributed by atoms with Crippen LogP contribution in [-0.2, 0) is 4.74 Å². The molecule has 2 heterocycles. The molecular weight excluding hydrogens is 330 g/mol. The molecule has 0 spiro atoms. The number of aliphatic hydroxyl groups excluding tert-OH is 4. The molecule has 3 rings (SSSR count). The van der Waals surface area contributed by atoms with E-state index in [0.29, 0.717) is 16.6 Å². The van der Waals surface area contributed by atoms with Gasteiger partial charge in [-0.3, -0.25) is 0 Å². The average molecular weight is 347 g/mol. The van der Waals surface area contributed by atoms with Gasteiger partial charge in [0.1, 0.15) is 29.9 Å². The normalized spacial score (nSPS) is 29.3. The zero-order chi connectivity index (χ0) is 18.1. The first-order valence-corrected chi connectivity index (χ1v) is 7.56. The number of hydrogen-bond acceptors (Lipinski definition) is 8. The first kappa shape index (κ1) is 17.4. The van der Waals surface area contributed by atoms with Crippen molar-refractivity contribution in [2.45, 2.75) is 30.6 Å². The third-order valence-corrected chi connectivity index (χ3v) is 4.13. The van der Waals surface area contributed by atoms with Crippen LogP contribution in [0.25, 0.3) is 11.0 Å². The molecule has 0 saturated carbocycles. The minimum atomic E-state index is -1.46. The summed E-state index contributed by atoms with van der Waals surface area (Å²) in [4.78, 5) is 11.5. The highest BCUT2D eigenvalue weighted by Gasteiger charge is 2.43. The van der Waals surface area contributed by atoms with E-state index < -0.39 is 42.9 Å². The van der Waals surface area contributed by atoms with Crippen LogP contribution in [0.3, 0.4) is 0 Å². The van der Waals surface area contributed by atoms with Crippen molar-refractivity contribution in [1.82, 2.24) is 0 Å². The molecule has 25 heavy (non-hydrogen) atoms. The molecule has 0 aliphatic carbocycles. The lowest BCUT2D eigenvalue weighted by molar-refractivity contribution is -0.245. The van der Waals surface area contributed by atoms with Crippen molar-refractivity contribution >= 4 is 16.7 Å². The van der Waals surface area contributed by atoms with Gasteiger partial charge in [0.05, 0.1) is 6.61 Å². The van der Waals surface area contributed by atoms with E-state index in [-0.39, 0.29) is 5.58 Å². The van der Waals surface area contributed by atoms with Gasteiger partial charge in [0.15, 0.2) is 6.29 Å². The summed E-state index contributed by atoms with van der Waals surface area (Å²) in [5.41, 5.74) is 0.436. The number of hydrogen-bond donors (Lipinski definition) is 5. The maximum atomic E-state index is 11.5. The summed E-state index contributed by atoms with van der Waals surface area (Å²) in [7, 11) is 0. The van der Waals surface area contributed by atoms with Crippen molar-refractivity contribution in [1.29, 1.82) is 0 Å². The van der Waals surface area contributed by atoms with Crippen LogP contribution in [0.5, 0.6) is 0 Å². The minimum Gasteiger partial charge on any atom is -0.423 e. The summed E-state index contributed by atoms with van der Waals surface area (Å²) in [6, 6.07) is 4.89. The largest absolute Gasteiger partial charge is 0.423 e. The molecule has 2 unspecified atom stereocenters. The van der Waals surface area contributed by atoms with Crippen LogP contribution in [-0.4, -0.2) is 57.7 Å². The molecule has 8 heteroatoms. The Balaban J connectivity index is 1.90. The van der Waals surface area contributed by atoms with Crippen LogP contribution in [0.2, 0.25) is 0 Å². The second kappa shape index (κ2) is 6.84. The molecule has 1 fully saturated rings. The number of rotatable bonds is 3. The van der Waals surface area contributed by atoms with Gasteiger partial charge in [0, 0.05) is 28.8 Å².